The lowest BCUT2D eigenvalue weighted by atomic mass is 10.1. The summed E-state index contributed by atoms with van der Waals surface area (Å²) in [5, 5.41) is 3.27. The van der Waals surface area contributed by atoms with E-state index in [2.05, 4.69) is 63.2 Å². The zero-order valence-corrected chi connectivity index (χ0v) is 19.6. The normalized spacial score (nSPS) is 15.9. The molecule has 4 rings (SSSR count). The van der Waals surface area contributed by atoms with Gasteiger partial charge in [-0.15, -0.1) is 0 Å². The monoisotopic (exact) mass is 434 g/mol. The van der Waals surface area contributed by atoms with Gasteiger partial charge >= 0.3 is 0 Å². The van der Waals surface area contributed by atoms with E-state index in [1.54, 1.807) is 0 Å². The van der Waals surface area contributed by atoms with Gasteiger partial charge in [-0.25, -0.2) is 4.98 Å². The van der Waals surface area contributed by atoms with E-state index in [1.165, 1.54) is 16.9 Å². The topological polar surface area (TPSA) is 77.2 Å². The molecule has 2 N–H and O–H groups in total. The number of benzene rings is 1. The molecule has 1 saturated heterocycles. The summed E-state index contributed by atoms with van der Waals surface area (Å²) >= 11 is 0. The smallest absolute Gasteiger partial charge is 0.270 e. The van der Waals surface area contributed by atoms with Gasteiger partial charge in [-0.3, -0.25) is 14.7 Å². The maximum atomic E-state index is 12.1. The van der Waals surface area contributed by atoms with Crippen molar-refractivity contribution in [3.8, 4) is 0 Å². The number of anilines is 1. The molecule has 3 aromatic rings. The first-order valence-electron chi connectivity index (χ1n) is 11.7. The minimum absolute atomic E-state index is 0.0822. The standard InChI is InChI=1S/C25H34N6O/c1-5-19-24(10-9-21(27-19)17(3)26-4)31-13-11-30(12-14-31)16-18-7-8-22-23(15-18)29-25(32)20(6-2)28-22/h7-10,15,17,26H,5-6,11-14,16H2,1-4H3,(H,29,32). The Morgan fingerprint density at radius 1 is 1.03 bits per heavy atom. The minimum Gasteiger partial charge on any atom is -0.367 e. The molecule has 1 aliphatic rings. The van der Waals surface area contributed by atoms with Crippen molar-refractivity contribution in [1.29, 1.82) is 0 Å². The van der Waals surface area contributed by atoms with Crippen molar-refractivity contribution in [1.82, 2.24) is 25.2 Å². The second-order valence-corrected chi connectivity index (χ2v) is 8.55. The molecule has 1 fully saturated rings. The number of aromatic nitrogens is 3. The molecule has 170 valence electrons. The van der Waals surface area contributed by atoms with E-state index in [9.17, 15) is 4.79 Å². The van der Waals surface area contributed by atoms with E-state index in [0.29, 0.717) is 12.1 Å². The van der Waals surface area contributed by atoms with Crippen LogP contribution in [-0.4, -0.2) is 53.1 Å². The molecule has 32 heavy (non-hydrogen) atoms. The first kappa shape index (κ1) is 22.4. The molecule has 1 aromatic carbocycles. The molecule has 1 aliphatic heterocycles. The van der Waals surface area contributed by atoms with Crippen molar-refractivity contribution in [2.45, 2.75) is 46.2 Å². The highest BCUT2D eigenvalue weighted by Gasteiger charge is 2.20. The van der Waals surface area contributed by atoms with E-state index < -0.39 is 0 Å². The van der Waals surface area contributed by atoms with Crippen molar-refractivity contribution >= 4 is 16.7 Å². The summed E-state index contributed by atoms with van der Waals surface area (Å²) in [4.78, 5) is 29.5. The van der Waals surface area contributed by atoms with Gasteiger partial charge in [-0.05, 0) is 56.6 Å². The van der Waals surface area contributed by atoms with Gasteiger partial charge < -0.3 is 15.2 Å². The summed E-state index contributed by atoms with van der Waals surface area (Å²) in [6.45, 7) is 11.1. The molecule has 2 aromatic heterocycles. The number of piperazine rings is 1. The van der Waals surface area contributed by atoms with Crippen LogP contribution in [-0.2, 0) is 19.4 Å². The molecule has 0 aliphatic carbocycles. The Kier molecular flexibility index (Phi) is 6.86. The average molecular weight is 435 g/mol. The Morgan fingerprint density at radius 3 is 2.47 bits per heavy atom. The quantitative estimate of drug-likeness (QED) is 0.595. The lowest BCUT2D eigenvalue weighted by Gasteiger charge is -2.37. The predicted molar refractivity (Wildman–Crippen MR) is 130 cm³/mol. The van der Waals surface area contributed by atoms with Crippen molar-refractivity contribution in [3.63, 3.8) is 0 Å². The predicted octanol–water partition coefficient (Wildman–Crippen LogP) is 3.05. The number of pyridine rings is 1. The summed E-state index contributed by atoms with van der Waals surface area (Å²) < 4.78 is 0. The summed E-state index contributed by atoms with van der Waals surface area (Å²) in [7, 11) is 1.97. The van der Waals surface area contributed by atoms with Crippen LogP contribution in [0, 0.1) is 0 Å². The number of H-pyrrole nitrogens is 1. The first-order valence-corrected chi connectivity index (χ1v) is 11.7. The lowest BCUT2D eigenvalue weighted by Crippen LogP contribution is -2.46. The molecule has 3 heterocycles. The summed E-state index contributed by atoms with van der Waals surface area (Å²) in [6, 6.07) is 10.9. The second kappa shape index (κ2) is 9.79. The molecule has 7 nitrogen and oxygen atoms in total. The molecule has 0 saturated carbocycles. The molecule has 0 radical (unpaired) electrons. The van der Waals surface area contributed by atoms with E-state index in [1.807, 2.05) is 20.0 Å². The van der Waals surface area contributed by atoms with E-state index in [4.69, 9.17) is 4.98 Å². The number of nitrogens with zero attached hydrogens (tertiary/aromatic N) is 4. The molecule has 0 spiro atoms. The fraction of sp³-hybridized carbons (Fsp3) is 0.480. The van der Waals surface area contributed by atoms with Crippen molar-refractivity contribution < 1.29 is 0 Å². The summed E-state index contributed by atoms with van der Waals surface area (Å²) in [5.74, 6) is 0. The second-order valence-electron chi connectivity index (χ2n) is 8.55. The van der Waals surface area contributed by atoms with Gasteiger partial charge in [0.25, 0.3) is 5.56 Å². The SMILES string of the molecule is CCc1nc(C(C)NC)ccc1N1CCN(Cc2ccc3nc(CC)c(=O)[nH]c3c2)CC1. The number of aryl methyl sites for hydroxylation is 2. The van der Waals surface area contributed by atoms with Crippen molar-refractivity contribution in [2.75, 3.05) is 38.1 Å². The summed E-state index contributed by atoms with van der Waals surface area (Å²) in [6.07, 6.45) is 1.58. The molecule has 1 unspecified atom stereocenters. The zero-order chi connectivity index (χ0) is 22.7. The van der Waals surface area contributed by atoms with Crippen LogP contribution in [0.4, 0.5) is 5.69 Å². The van der Waals surface area contributed by atoms with Crippen molar-refractivity contribution in [3.05, 3.63) is 63.3 Å². The highest BCUT2D eigenvalue weighted by atomic mass is 16.1. The van der Waals surface area contributed by atoms with E-state index in [-0.39, 0.29) is 11.6 Å². The van der Waals surface area contributed by atoms with Crippen LogP contribution < -0.4 is 15.8 Å². The van der Waals surface area contributed by atoms with Crippen LogP contribution in [0.1, 0.15) is 49.5 Å². The average Bonchev–Trinajstić information content (AvgIpc) is 2.83. The third-order valence-electron chi connectivity index (χ3n) is 6.46. The molecule has 1 atom stereocenters. The molecular formula is C25H34N6O. The largest absolute Gasteiger partial charge is 0.367 e. The number of hydrogen-bond acceptors (Lipinski definition) is 6. The zero-order valence-electron chi connectivity index (χ0n) is 19.6. The Bertz CT molecular complexity index is 1130. The third kappa shape index (κ3) is 4.69. The van der Waals surface area contributed by atoms with Crippen LogP contribution >= 0.6 is 0 Å². The first-order chi connectivity index (χ1) is 15.5. The minimum atomic E-state index is -0.0822. The van der Waals surface area contributed by atoms with Crippen LogP contribution in [0.25, 0.3) is 11.0 Å². The fourth-order valence-corrected chi connectivity index (χ4v) is 4.36. The number of aromatic amines is 1. The van der Waals surface area contributed by atoms with Crippen LogP contribution in [0.3, 0.4) is 0 Å². The third-order valence-corrected chi connectivity index (χ3v) is 6.46. The maximum Gasteiger partial charge on any atom is 0.270 e. The Labute approximate surface area is 189 Å². The van der Waals surface area contributed by atoms with Gasteiger partial charge in [0.1, 0.15) is 5.69 Å². The molecule has 7 heteroatoms. The van der Waals surface area contributed by atoms with Crippen LogP contribution in [0.2, 0.25) is 0 Å². The van der Waals surface area contributed by atoms with Crippen LogP contribution in [0.15, 0.2) is 35.1 Å². The number of rotatable bonds is 7. The molecule has 0 amide bonds. The highest BCUT2D eigenvalue weighted by molar-refractivity contribution is 5.74. The number of hydrogen-bond donors (Lipinski definition) is 2. The summed E-state index contributed by atoms with van der Waals surface area (Å²) in [5.41, 5.74) is 6.92. The highest BCUT2D eigenvalue weighted by Crippen LogP contribution is 2.24. The van der Waals surface area contributed by atoms with Gasteiger partial charge in [0.05, 0.1) is 28.1 Å². The number of nitrogens with one attached hydrogen (secondary N) is 2. The van der Waals surface area contributed by atoms with Gasteiger partial charge in [-0.1, -0.05) is 19.9 Å². The van der Waals surface area contributed by atoms with Gasteiger partial charge in [0.15, 0.2) is 0 Å². The molecular weight excluding hydrogens is 400 g/mol. The van der Waals surface area contributed by atoms with Gasteiger partial charge in [0, 0.05) is 38.8 Å². The molecule has 0 bridgehead atoms. The fourth-order valence-electron chi connectivity index (χ4n) is 4.36. The Hall–Kier alpha value is -2.77. The lowest BCUT2D eigenvalue weighted by molar-refractivity contribution is 0.250. The number of fused-ring (bicyclic) bond motifs is 1. The van der Waals surface area contributed by atoms with Crippen molar-refractivity contribution in [2.24, 2.45) is 0 Å². The van der Waals surface area contributed by atoms with Crippen LogP contribution in [0.5, 0.6) is 0 Å². The van der Waals surface area contributed by atoms with E-state index >= 15 is 0 Å². The Morgan fingerprint density at radius 2 is 1.78 bits per heavy atom. The van der Waals surface area contributed by atoms with E-state index in [0.717, 1.165) is 55.9 Å². The maximum absolute atomic E-state index is 12.1. The van der Waals surface area contributed by atoms with Gasteiger partial charge in [-0.2, -0.15) is 0 Å². The van der Waals surface area contributed by atoms with Gasteiger partial charge in [0.2, 0.25) is 0 Å². The Balaban J connectivity index is 1.42.